The van der Waals surface area contributed by atoms with Gasteiger partial charge in [-0.15, -0.1) is 0 Å². The van der Waals surface area contributed by atoms with Crippen molar-refractivity contribution in [1.29, 1.82) is 0 Å². The number of aromatic nitrogens is 2. The van der Waals surface area contributed by atoms with E-state index in [2.05, 4.69) is 10.1 Å². The molecule has 0 aliphatic carbocycles. The first-order valence-electron chi connectivity index (χ1n) is 7.61. The fourth-order valence-electron chi connectivity index (χ4n) is 2.61. The number of likely N-dealkylation sites (tertiary alicyclic amines) is 1. The van der Waals surface area contributed by atoms with E-state index in [1.165, 1.54) is 0 Å². The van der Waals surface area contributed by atoms with Crippen molar-refractivity contribution in [3.8, 4) is 11.4 Å². The van der Waals surface area contributed by atoms with Crippen LogP contribution in [0.25, 0.3) is 11.4 Å². The van der Waals surface area contributed by atoms with Crippen LogP contribution in [0.15, 0.2) is 34.9 Å². The quantitative estimate of drug-likeness (QED) is 0.789. The van der Waals surface area contributed by atoms with Crippen molar-refractivity contribution < 1.29 is 18.8 Å². The second-order valence-corrected chi connectivity index (χ2v) is 5.28. The molecule has 1 aliphatic rings. The summed E-state index contributed by atoms with van der Waals surface area (Å²) >= 11 is 0. The van der Waals surface area contributed by atoms with Crippen LogP contribution in [0.4, 0.5) is 4.79 Å². The third-order valence-corrected chi connectivity index (χ3v) is 3.76. The van der Waals surface area contributed by atoms with E-state index in [1.807, 2.05) is 30.3 Å². The third kappa shape index (κ3) is 3.50. The summed E-state index contributed by atoms with van der Waals surface area (Å²) in [5.41, 5.74) is 0.884. The van der Waals surface area contributed by atoms with Gasteiger partial charge in [0.25, 0.3) is 0 Å². The summed E-state index contributed by atoms with van der Waals surface area (Å²) in [6.07, 6.45) is 1.30. The van der Waals surface area contributed by atoms with Gasteiger partial charge >= 0.3 is 6.09 Å². The monoisotopic (exact) mass is 317 g/mol. The van der Waals surface area contributed by atoms with E-state index < -0.39 is 0 Å². The van der Waals surface area contributed by atoms with Gasteiger partial charge in [-0.05, 0) is 12.8 Å². The predicted octanol–water partition coefficient (Wildman–Crippen LogP) is 2.66. The molecule has 2 aromatic rings. The normalized spacial score (nSPS) is 17.4. The van der Waals surface area contributed by atoms with Crippen molar-refractivity contribution in [3.05, 3.63) is 36.2 Å². The molecule has 1 amide bonds. The molecule has 1 aromatic carbocycles. The van der Waals surface area contributed by atoms with Crippen molar-refractivity contribution in [2.75, 3.05) is 26.9 Å². The highest BCUT2D eigenvalue weighted by atomic mass is 16.6. The van der Waals surface area contributed by atoms with E-state index in [4.69, 9.17) is 14.0 Å². The SMILES string of the molecule is COCCOC(=O)N1CCC[C@H]1c1nc(-c2ccccc2)no1. The van der Waals surface area contributed by atoms with E-state index in [1.54, 1.807) is 12.0 Å². The lowest BCUT2D eigenvalue weighted by Crippen LogP contribution is -2.32. The Morgan fingerprint density at radius 1 is 1.35 bits per heavy atom. The summed E-state index contributed by atoms with van der Waals surface area (Å²) in [6, 6.07) is 9.37. The minimum atomic E-state index is -0.371. The lowest BCUT2D eigenvalue weighted by molar-refractivity contribution is 0.0655. The summed E-state index contributed by atoms with van der Waals surface area (Å²) in [7, 11) is 1.57. The van der Waals surface area contributed by atoms with Gasteiger partial charge in [0.15, 0.2) is 0 Å². The van der Waals surface area contributed by atoms with Crippen LogP contribution in [0, 0.1) is 0 Å². The van der Waals surface area contributed by atoms with E-state index in [0.717, 1.165) is 18.4 Å². The number of nitrogens with zero attached hydrogens (tertiary/aromatic N) is 3. The van der Waals surface area contributed by atoms with E-state index >= 15 is 0 Å². The topological polar surface area (TPSA) is 77.7 Å². The predicted molar refractivity (Wildman–Crippen MR) is 81.6 cm³/mol. The first-order valence-corrected chi connectivity index (χ1v) is 7.61. The molecule has 0 N–H and O–H groups in total. The van der Waals surface area contributed by atoms with Crippen LogP contribution in [0.2, 0.25) is 0 Å². The fraction of sp³-hybridized carbons (Fsp3) is 0.438. The van der Waals surface area contributed by atoms with Crippen molar-refractivity contribution >= 4 is 6.09 Å². The molecule has 0 spiro atoms. The van der Waals surface area contributed by atoms with Crippen LogP contribution in [0.5, 0.6) is 0 Å². The molecule has 0 unspecified atom stereocenters. The summed E-state index contributed by atoms with van der Waals surface area (Å²) in [6.45, 7) is 1.24. The average Bonchev–Trinajstić information content (AvgIpc) is 3.25. The maximum absolute atomic E-state index is 12.1. The Morgan fingerprint density at radius 3 is 2.96 bits per heavy atom. The molecule has 1 aromatic heterocycles. The van der Waals surface area contributed by atoms with Crippen molar-refractivity contribution in [1.82, 2.24) is 15.0 Å². The minimum absolute atomic E-state index is 0.227. The number of methoxy groups -OCH3 is 1. The number of carbonyl (C=O) groups is 1. The Labute approximate surface area is 134 Å². The second kappa shape index (κ2) is 7.23. The fourth-order valence-corrected chi connectivity index (χ4v) is 2.61. The molecule has 2 heterocycles. The zero-order valence-electron chi connectivity index (χ0n) is 13.0. The summed E-state index contributed by atoms with van der Waals surface area (Å²) < 4.78 is 15.4. The molecular weight excluding hydrogens is 298 g/mol. The van der Waals surface area contributed by atoms with Crippen molar-refractivity contribution in [3.63, 3.8) is 0 Å². The average molecular weight is 317 g/mol. The van der Waals surface area contributed by atoms with Crippen LogP contribution in [0.3, 0.4) is 0 Å². The van der Waals surface area contributed by atoms with Gasteiger partial charge in [-0.3, -0.25) is 4.90 Å². The second-order valence-electron chi connectivity index (χ2n) is 5.28. The number of ether oxygens (including phenoxy) is 2. The van der Waals surface area contributed by atoms with Crippen molar-refractivity contribution in [2.45, 2.75) is 18.9 Å². The molecular formula is C16H19N3O4. The molecule has 7 nitrogen and oxygen atoms in total. The number of rotatable bonds is 5. The zero-order valence-corrected chi connectivity index (χ0v) is 13.0. The Balaban J connectivity index is 1.71. The van der Waals surface area contributed by atoms with Gasteiger partial charge in [0, 0.05) is 19.2 Å². The van der Waals surface area contributed by atoms with Crippen LogP contribution in [0.1, 0.15) is 24.8 Å². The van der Waals surface area contributed by atoms with Gasteiger partial charge in [-0.1, -0.05) is 35.5 Å². The van der Waals surface area contributed by atoms with Gasteiger partial charge in [0.1, 0.15) is 12.6 Å². The van der Waals surface area contributed by atoms with Crippen LogP contribution < -0.4 is 0 Å². The molecule has 1 saturated heterocycles. The molecule has 0 radical (unpaired) electrons. The number of carbonyl (C=O) groups excluding carboxylic acids is 1. The largest absolute Gasteiger partial charge is 0.447 e. The Kier molecular flexibility index (Phi) is 4.87. The van der Waals surface area contributed by atoms with E-state index in [-0.39, 0.29) is 18.7 Å². The number of amides is 1. The lowest BCUT2D eigenvalue weighted by atomic mass is 10.2. The standard InChI is InChI=1S/C16H19N3O4/c1-21-10-11-22-16(20)19-9-5-8-13(19)15-17-14(18-23-15)12-6-3-2-4-7-12/h2-4,6-7,13H,5,8-11H2,1H3/t13-/m0/s1. The highest BCUT2D eigenvalue weighted by molar-refractivity contribution is 5.68. The van der Waals surface area contributed by atoms with Gasteiger partial charge < -0.3 is 14.0 Å². The summed E-state index contributed by atoms with van der Waals surface area (Å²) in [5.74, 6) is 0.977. The van der Waals surface area contributed by atoms with E-state index in [9.17, 15) is 4.79 Å². The van der Waals surface area contributed by atoms with Gasteiger partial charge in [0.2, 0.25) is 11.7 Å². The Bertz CT molecular complexity index is 644. The molecule has 1 aliphatic heterocycles. The molecule has 3 rings (SSSR count). The molecule has 0 bridgehead atoms. The molecule has 122 valence electrons. The van der Waals surface area contributed by atoms with Crippen molar-refractivity contribution in [2.24, 2.45) is 0 Å². The van der Waals surface area contributed by atoms with Gasteiger partial charge in [-0.25, -0.2) is 4.79 Å². The van der Waals surface area contributed by atoms with Crippen LogP contribution >= 0.6 is 0 Å². The zero-order chi connectivity index (χ0) is 16.1. The highest BCUT2D eigenvalue weighted by Gasteiger charge is 2.35. The van der Waals surface area contributed by atoms with Gasteiger partial charge in [0.05, 0.1) is 6.61 Å². The van der Waals surface area contributed by atoms with Crippen LogP contribution in [-0.2, 0) is 9.47 Å². The number of benzene rings is 1. The number of hydrogen-bond acceptors (Lipinski definition) is 6. The van der Waals surface area contributed by atoms with Crippen LogP contribution in [-0.4, -0.2) is 48.0 Å². The molecule has 7 heteroatoms. The van der Waals surface area contributed by atoms with Gasteiger partial charge in [-0.2, -0.15) is 4.98 Å². The minimum Gasteiger partial charge on any atom is -0.447 e. The maximum atomic E-state index is 12.1. The first kappa shape index (κ1) is 15.5. The maximum Gasteiger partial charge on any atom is 0.410 e. The molecule has 0 saturated carbocycles. The highest BCUT2D eigenvalue weighted by Crippen LogP contribution is 2.32. The third-order valence-electron chi connectivity index (χ3n) is 3.76. The molecule has 23 heavy (non-hydrogen) atoms. The first-order chi connectivity index (χ1) is 11.3. The lowest BCUT2D eigenvalue weighted by Gasteiger charge is -2.21. The smallest absolute Gasteiger partial charge is 0.410 e. The number of hydrogen-bond donors (Lipinski definition) is 0. The summed E-state index contributed by atoms with van der Waals surface area (Å²) in [4.78, 5) is 18.2. The van der Waals surface area contributed by atoms with E-state index in [0.29, 0.717) is 24.9 Å². The molecule has 1 atom stereocenters. The summed E-state index contributed by atoms with van der Waals surface area (Å²) in [5, 5.41) is 4.02. The Morgan fingerprint density at radius 2 is 2.17 bits per heavy atom. The Hall–Kier alpha value is -2.41. The molecule has 1 fully saturated rings.